The van der Waals surface area contributed by atoms with Crippen LogP contribution in [0.5, 0.6) is 5.75 Å². The molecule has 3 amide bonds. The number of amides is 3. The van der Waals surface area contributed by atoms with Crippen molar-refractivity contribution in [2.45, 2.75) is 32.7 Å². The number of piperidine rings is 1. The zero-order valence-corrected chi connectivity index (χ0v) is 19.5. The van der Waals surface area contributed by atoms with Gasteiger partial charge >= 0.3 is 0 Å². The molecule has 0 radical (unpaired) electrons. The van der Waals surface area contributed by atoms with Crippen molar-refractivity contribution in [3.05, 3.63) is 54.1 Å². The quantitative estimate of drug-likeness (QED) is 0.625. The predicted molar refractivity (Wildman–Crippen MR) is 130 cm³/mol. The monoisotopic (exact) mass is 464 g/mol. The number of carbonyl (C=O) groups is 3. The number of rotatable bonds is 8. The summed E-state index contributed by atoms with van der Waals surface area (Å²) >= 11 is 0. The molecule has 3 N–H and O–H groups in total. The van der Waals surface area contributed by atoms with Gasteiger partial charge in [-0.25, -0.2) is 0 Å². The molecule has 1 unspecified atom stereocenters. The van der Waals surface area contributed by atoms with E-state index in [1.54, 1.807) is 4.90 Å². The van der Waals surface area contributed by atoms with Gasteiger partial charge in [0.25, 0.3) is 0 Å². The van der Waals surface area contributed by atoms with Crippen molar-refractivity contribution >= 4 is 29.1 Å². The van der Waals surface area contributed by atoms with Crippen molar-refractivity contribution in [3.8, 4) is 5.75 Å². The van der Waals surface area contributed by atoms with Gasteiger partial charge in [-0.3, -0.25) is 19.3 Å². The molecule has 2 saturated heterocycles. The van der Waals surface area contributed by atoms with Crippen LogP contribution in [0, 0.1) is 11.8 Å². The molecule has 0 aromatic heterocycles. The Morgan fingerprint density at radius 2 is 1.85 bits per heavy atom. The van der Waals surface area contributed by atoms with E-state index in [1.807, 2.05) is 55.5 Å². The number of carbonyl (C=O) groups excluding carboxylic acids is 3. The van der Waals surface area contributed by atoms with E-state index in [-0.39, 0.29) is 30.1 Å². The van der Waals surface area contributed by atoms with Crippen LogP contribution in [0.1, 0.15) is 31.7 Å². The van der Waals surface area contributed by atoms with Crippen LogP contribution in [-0.2, 0) is 20.9 Å². The van der Waals surface area contributed by atoms with Gasteiger partial charge in [-0.05, 0) is 62.7 Å². The van der Waals surface area contributed by atoms with Crippen molar-refractivity contribution in [2.24, 2.45) is 17.6 Å². The minimum atomic E-state index is -0.432. The van der Waals surface area contributed by atoms with Crippen LogP contribution >= 0.6 is 0 Å². The number of para-hydroxylation sites is 2. The molecule has 8 heteroatoms. The number of nitrogens with one attached hydrogen (secondary N) is 1. The van der Waals surface area contributed by atoms with Crippen LogP contribution in [0.3, 0.4) is 0 Å². The highest BCUT2D eigenvalue weighted by Crippen LogP contribution is 2.33. The SMILES string of the molecule is CCOc1ccccc1N1CC(C(=O)Nc2cccc(CN3CCC(C(N)=O)CC3)c2)CC1=O. The summed E-state index contributed by atoms with van der Waals surface area (Å²) in [5.41, 5.74) is 7.93. The number of hydrogen-bond acceptors (Lipinski definition) is 5. The number of anilines is 2. The van der Waals surface area contributed by atoms with Crippen molar-refractivity contribution in [2.75, 3.05) is 36.5 Å². The number of nitrogens with zero attached hydrogens (tertiary/aromatic N) is 2. The average molecular weight is 465 g/mol. The highest BCUT2D eigenvalue weighted by atomic mass is 16.5. The smallest absolute Gasteiger partial charge is 0.229 e. The first kappa shape index (κ1) is 23.8. The third-order valence-electron chi connectivity index (χ3n) is 6.54. The van der Waals surface area contributed by atoms with E-state index in [9.17, 15) is 14.4 Å². The molecule has 0 saturated carbocycles. The maximum Gasteiger partial charge on any atom is 0.229 e. The van der Waals surface area contributed by atoms with Gasteiger partial charge in [0, 0.05) is 31.1 Å². The molecule has 180 valence electrons. The fourth-order valence-electron chi connectivity index (χ4n) is 4.70. The Labute approximate surface area is 200 Å². The Kier molecular flexibility index (Phi) is 7.47. The molecule has 2 heterocycles. The van der Waals surface area contributed by atoms with Gasteiger partial charge in [0.15, 0.2) is 0 Å². The van der Waals surface area contributed by atoms with Crippen LogP contribution in [-0.4, -0.2) is 48.9 Å². The summed E-state index contributed by atoms with van der Waals surface area (Å²) in [6.45, 7) is 5.13. The summed E-state index contributed by atoms with van der Waals surface area (Å²) in [7, 11) is 0. The van der Waals surface area contributed by atoms with Crippen molar-refractivity contribution in [1.82, 2.24) is 4.90 Å². The van der Waals surface area contributed by atoms with Gasteiger partial charge in [-0.15, -0.1) is 0 Å². The molecule has 1 atom stereocenters. The molecule has 2 aromatic rings. The molecule has 8 nitrogen and oxygen atoms in total. The molecule has 4 rings (SSSR count). The zero-order valence-electron chi connectivity index (χ0n) is 19.5. The van der Waals surface area contributed by atoms with Crippen molar-refractivity contribution in [3.63, 3.8) is 0 Å². The normalized spacial score (nSPS) is 19.3. The minimum Gasteiger partial charge on any atom is -0.492 e. The molecular formula is C26H32N4O4. The standard InChI is InChI=1S/C26H32N4O4/c1-2-34-23-9-4-3-8-22(23)30-17-20(15-24(30)31)26(33)28-21-7-5-6-18(14-21)16-29-12-10-19(11-13-29)25(27)32/h3-9,14,19-20H,2,10-13,15-17H2,1H3,(H2,27,32)(H,28,33). The first-order valence-electron chi connectivity index (χ1n) is 11.9. The number of likely N-dealkylation sites (tertiary alicyclic amines) is 1. The second-order valence-corrected chi connectivity index (χ2v) is 8.95. The van der Waals surface area contributed by atoms with E-state index >= 15 is 0 Å². The van der Waals surface area contributed by atoms with E-state index in [2.05, 4.69) is 10.2 Å². The summed E-state index contributed by atoms with van der Waals surface area (Å²) in [5.74, 6) is -0.277. The minimum absolute atomic E-state index is 0.0314. The van der Waals surface area contributed by atoms with Gasteiger partial charge < -0.3 is 20.7 Å². The summed E-state index contributed by atoms with van der Waals surface area (Å²) in [5, 5.41) is 2.99. The maximum absolute atomic E-state index is 13.0. The van der Waals surface area contributed by atoms with Gasteiger partial charge in [-0.1, -0.05) is 24.3 Å². The molecular weight excluding hydrogens is 432 g/mol. The fraction of sp³-hybridized carbons (Fsp3) is 0.423. The van der Waals surface area contributed by atoms with Gasteiger partial charge in [0.05, 0.1) is 18.2 Å². The summed E-state index contributed by atoms with van der Waals surface area (Å²) < 4.78 is 5.66. The van der Waals surface area contributed by atoms with Gasteiger partial charge in [0.2, 0.25) is 17.7 Å². The van der Waals surface area contributed by atoms with E-state index < -0.39 is 5.92 Å². The largest absolute Gasteiger partial charge is 0.492 e. The van der Waals surface area contributed by atoms with E-state index in [0.29, 0.717) is 24.6 Å². The second-order valence-electron chi connectivity index (χ2n) is 8.95. The molecule has 0 bridgehead atoms. The summed E-state index contributed by atoms with van der Waals surface area (Å²) in [6.07, 6.45) is 1.73. The second kappa shape index (κ2) is 10.7. The van der Waals surface area contributed by atoms with Crippen LogP contribution in [0.15, 0.2) is 48.5 Å². The molecule has 34 heavy (non-hydrogen) atoms. The van der Waals surface area contributed by atoms with Crippen LogP contribution < -0.4 is 20.7 Å². The highest BCUT2D eigenvalue weighted by Gasteiger charge is 2.36. The lowest BCUT2D eigenvalue weighted by molar-refractivity contribution is -0.123. The number of benzene rings is 2. The molecule has 2 aromatic carbocycles. The molecule has 0 spiro atoms. The summed E-state index contributed by atoms with van der Waals surface area (Å²) in [4.78, 5) is 41.0. The first-order chi connectivity index (χ1) is 16.4. The number of hydrogen-bond donors (Lipinski definition) is 2. The third kappa shape index (κ3) is 5.56. The lowest BCUT2D eigenvalue weighted by Gasteiger charge is -2.30. The molecule has 2 fully saturated rings. The Morgan fingerprint density at radius 3 is 2.59 bits per heavy atom. The van der Waals surface area contributed by atoms with Gasteiger partial charge in [0.1, 0.15) is 5.75 Å². The topological polar surface area (TPSA) is 105 Å². The van der Waals surface area contributed by atoms with E-state index in [1.165, 1.54) is 0 Å². The lowest BCUT2D eigenvalue weighted by atomic mass is 9.96. The molecule has 2 aliphatic heterocycles. The third-order valence-corrected chi connectivity index (χ3v) is 6.54. The average Bonchev–Trinajstić information content (AvgIpc) is 3.22. The molecule has 2 aliphatic rings. The summed E-state index contributed by atoms with van der Waals surface area (Å²) in [6, 6.07) is 15.2. The van der Waals surface area contributed by atoms with Gasteiger partial charge in [-0.2, -0.15) is 0 Å². The predicted octanol–water partition coefficient (Wildman–Crippen LogP) is 2.77. The molecule has 0 aliphatic carbocycles. The van der Waals surface area contributed by atoms with E-state index in [4.69, 9.17) is 10.5 Å². The Hall–Kier alpha value is -3.39. The Morgan fingerprint density at radius 1 is 1.09 bits per heavy atom. The fourth-order valence-corrected chi connectivity index (χ4v) is 4.70. The first-order valence-corrected chi connectivity index (χ1v) is 11.9. The number of ether oxygens (including phenoxy) is 1. The van der Waals surface area contributed by atoms with Crippen LogP contribution in [0.25, 0.3) is 0 Å². The number of nitrogens with two attached hydrogens (primary N) is 1. The Bertz CT molecular complexity index is 1050. The number of primary amides is 1. The Balaban J connectivity index is 1.35. The van der Waals surface area contributed by atoms with Crippen molar-refractivity contribution < 1.29 is 19.1 Å². The lowest BCUT2D eigenvalue weighted by Crippen LogP contribution is -2.38. The highest BCUT2D eigenvalue weighted by molar-refractivity contribution is 6.04. The van der Waals surface area contributed by atoms with E-state index in [0.717, 1.165) is 43.7 Å². The zero-order chi connectivity index (χ0) is 24.1. The van der Waals surface area contributed by atoms with Crippen LogP contribution in [0.2, 0.25) is 0 Å². The maximum atomic E-state index is 13.0. The van der Waals surface area contributed by atoms with Crippen LogP contribution in [0.4, 0.5) is 11.4 Å². The van der Waals surface area contributed by atoms with Crippen molar-refractivity contribution in [1.29, 1.82) is 0 Å².